The lowest BCUT2D eigenvalue weighted by Gasteiger charge is -2.01. The van der Waals surface area contributed by atoms with Crippen molar-refractivity contribution in [2.45, 2.75) is 0 Å². The fourth-order valence-electron chi connectivity index (χ4n) is 0.865. The van der Waals surface area contributed by atoms with E-state index in [2.05, 4.69) is 0 Å². The molecule has 0 heterocycles. The Bertz CT molecular complexity index is 316. The molecule has 1 aromatic carbocycles. The molecule has 1 amide bonds. The zero-order valence-corrected chi connectivity index (χ0v) is 6.88. The first kappa shape index (κ1) is 9.10. The van der Waals surface area contributed by atoms with Crippen molar-refractivity contribution in [1.29, 1.82) is 0 Å². The number of nitrogens with two attached hydrogens (primary N) is 1. The largest absolute Gasteiger partial charge is 0.450 e. The summed E-state index contributed by atoms with van der Waals surface area (Å²) in [6.45, 7) is 0. The standard InChI is InChI=1S/C7H6BClNO2/c9-4-1-2-5(7(10)11)6(3-4)8-12/h1-3,12H,(H2,10,11). The third kappa shape index (κ3) is 1.78. The van der Waals surface area contributed by atoms with Gasteiger partial charge >= 0.3 is 7.48 Å². The summed E-state index contributed by atoms with van der Waals surface area (Å²) in [5.74, 6) is -0.591. The second-order valence-corrected chi connectivity index (χ2v) is 2.66. The summed E-state index contributed by atoms with van der Waals surface area (Å²) >= 11 is 5.62. The second-order valence-electron chi connectivity index (χ2n) is 2.22. The Balaban J connectivity index is 3.20. The number of amides is 1. The Hall–Kier alpha value is -0.995. The van der Waals surface area contributed by atoms with Crippen LogP contribution in [0.1, 0.15) is 10.4 Å². The number of hydrogen-bond acceptors (Lipinski definition) is 2. The normalized spacial score (nSPS) is 9.50. The summed E-state index contributed by atoms with van der Waals surface area (Å²) in [4.78, 5) is 10.7. The monoisotopic (exact) mass is 182 g/mol. The fraction of sp³-hybridized carbons (Fsp3) is 0. The van der Waals surface area contributed by atoms with Gasteiger partial charge < -0.3 is 10.8 Å². The summed E-state index contributed by atoms with van der Waals surface area (Å²) in [6.07, 6.45) is 0. The van der Waals surface area contributed by atoms with E-state index in [0.717, 1.165) is 7.48 Å². The zero-order chi connectivity index (χ0) is 9.14. The minimum Gasteiger partial charge on any atom is -0.450 e. The van der Waals surface area contributed by atoms with E-state index in [1.807, 2.05) is 0 Å². The highest BCUT2D eigenvalue weighted by molar-refractivity contribution is 6.49. The van der Waals surface area contributed by atoms with E-state index in [1.54, 1.807) is 0 Å². The van der Waals surface area contributed by atoms with Crippen LogP contribution in [0.3, 0.4) is 0 Å². The maximum Gasteiger partial charge on any atom is 0.327 e. The van der Waals surface area contributed by atoms with Gasteiger partial charge in [-0.05, 0) is 23.7 Å². The molecule has 0 aliphatic heterocycles. The number of carbonyl (C=O) groups excluding carboxylic acids is 1. The molecule has 5 heteroatoms. The Labute approximate surface area is 75.4 Å². The Morgan fingerprint density at radius 3 is 2.75 bits per heavy atom. The van der Waals surface area contributed by atoms with Gasteiger partial charge in [0.05, 0.1) is 0 Å². The molecule has 0 fully saturated rings. The van der Waals surface area contributed by atoms with E-state index in [4.69, 9.17) is 22.4 Å². The van der Waals surface area contributed by atoms with Gasteiger partial charge in [-0.15, -0.1) is 0 Å². The highest BCUT2D eigenvalue weighted by Gasteiger charge is 2.08. The minimum absolute atomic E-state index is 0.252. The molecule has 3 N–H and O–H groups in total. The third-order valence-corrected chi connectivity index (χ3v) is 1.65. The third-order valence-electron chi connectivity index (χ3n) is 1.42. The van der Waals surface area contributed by atoms with Gasteiger partial charge in [-0.1, -0.05) is 11.6 Å². The number of primary amides is 1. The molecule has 0 spiro atoms. The van der Waals surface area contributed by atoms with Crippen LogP contribution < -0.4 is 11.2 Å². The van der Waals surface area contributed by atoms with Crippen LogP contribution in [-0.2, 0) is 0 Å². The molecule has 0 aliphatic carbocycles. The smallest absolute Gasteiger partial charge is 0.327 e. The van der Waals surface area contributed by atoms with Crippen LogP contribution in [0.2, 0.25) is 5.02 Å². The first-order valence-electron chi connectivity index (χ1n) is 3.22. The van der Waals surface area contributed by atoms with Crippen molar-refractivity contribution in [3.63, 3.8) is 0 Å². The Morgan fingerprint density at radius 2 is 2.25 bits per heavy atom. The summed E-state index contributed by atoms with van der Waals surface area (Å²) in [7, 11) is 0.798. The van der Waals surface area contributed by atoms with Crippen molar-refractivity contribution in [3.8, 4) is 0 Å². The average molecular weight is 182 g/mol. The zero-order valence-electron chi connectivity index (χ0n) is 6.12. The summed E-state index contributed by atoms with van der Waals surface area (Å²) in [5, 5.41) is 9.15. The van der Waals surface area contributed by atoms with Crippen LogP contribution in [-0.4, -0.2) is 18.4 Å². The number of rotatable bonds is 2. The van der Waals surface area contributed by atoms with Crippen LogP contribution in [0.4, 0.5) is 0 Å². The molecule has 0 atom stereocenters. The molecule has 0 aliphatic rings. The van der Waals surface area contributed by atoms with Crippen molar-refractivity contribution in [2.24, 2.45) is 5.73 Å². The lowest BCUT2D eigenvalue weighted by molar-refractivity contribution is 0.100. The molecule has 1 rings (SSSR count). The maximum absolute atomic E-state index is 10.7. The topological polar surface area (TPSA) is 63.3 Å². The van der Waals surface area contributed by atoms with Gasteiger partial charge in [-0.25, -0.2) is 0 Å². The van der Waals surface area contributed by atoms with Crippen molar-refractivity contribution < 1.29 is 9.82 Å². The lowest BCUT2D eigenvalue weighted by atomic mass is 9.84. The van der Waals surface area contributed by atoms with Gasteiger partial charge in [0.15, 0.2) is 0 Å². The summed E-state index contributed by atoms with van der Waals surface area (Å²) in [5.41, 5.74) is 5.61. The average Bonchev–Trinajstić information content (AvgIpc) is 2.03. The number of halogens is 1. The van der Waals surface area contributed by atoms with E-state index < -0.39 is 5.91 Å². The molecule has 3 nitrogen and oxygen atoms in total. The van der Waals surface area contributed by atoms with Gasteiger partial charge in [-0.3, -0.25) is 4.79 Å². The molecule has 0 unspecified atom stereocenters. The maximum atomic E-state index is 10.7. The summed E-state index contributed by atoms with van der Waals surface area (Å²) in [6, 6.07) is 4.46. The van der Waals surface area contributed by atoms with Gasteiger partial charge in [-0.2, -0.15) is 0 Å². The molecule has 1 radical (unpaired) electrons. The molecular weight excluding hydrogens is 176 g/mol. The Kier molecular flexibility index (Phi) is 2.73. The van der Waals surface area contributed by atoms with Crippen molar-refractivity contribution in [2.75, 3.05) is 0 Å². The van der Waals surface area contributed by atoms with Gasteiger partial charge in [0.2, 0.25) is 5.91 Å². The lowest BCUT2D eigenvalue weighted by Crippen LogP contribution is -2.26. The molecule has 12 heavy (non-hydrogen) atoms. The quantitative estimate of drug-likeness (QED) is 0.616. The molecule has 0 bridgehead atoms. The van der Waals surface area contributed by atoms with Crippen LogP contribution in [0.25, 0.3) is 0 Å². The predicted molar refractivity (Wildman–Crippen MR) is 47.6 cm³/mol. The van der Waals surface area contributed by atoms with Gasteiger partial charge in [0, 0.05) is 10.6 Å². The fourth-order valence-corrected chi connectivity index (χ4v) is 1.05. The molecule has 0 aromatic heterocycles. The van der Waals surface area contributed by atoms with Crippen LogP contribution >= 0.6 is 11.6 Å². The van der Waals surface area contributed by atoms with E-state index >= 15 is 0 Å². The number of carbonyl (C=O) groups is 1. The van der Waals surface area contributed by atoms with Gasteiger partial charge in [0.25, 0.3) is 0 Å². The van der Waals surface area contributed by atoms with Crippen molar-refractivity contribution in [3.05, 3.63) is 28.8 Å². The SMILES string of the molecule is NC(=O)c1ccc(Cl)cc1[B]O. The van der Waals surface area contributed by atoms with Crippen molar-refractivity contribution in [1.82, 2.24) is 0 Å². The number of benzene rings is 1. The highest BCUT2D eigenvalue weighted by Crippen LogP contribution is 2.06. The number of hydrogen-bond donors (Lipinski definition) is 2. The predicted octanol–water partition coefficient (Wildman–Crippen LogP) is -0.324. The molecule has 0 saturated heterocycles. The molecule has 0 saturated carbocycles. The van der Waals surface area contributed by atoms with Crippen molar-refractivity contribution >= 4 is 30.5 Å². The van der Waals surface area contributed by atoms with E-state index in [0.29, 0.717) is 10.5 Å². The van der Waals surface area contributed by atoms with E-state index in [1.165, 1.54) is 18.2 Å². The molecule has 1 aromatic rings. The minimum atomic E-state index is -0.591. The first-order valence-corrected chi connectivity index (χ1v) is 3.59. The van der Waals surface area contributed by atoms with Crippen LogP contribution in [0, 0.1) is 0 Å². The van der Waals surface area contributed by atoms with E-state index in [-0.39, 0.29) is 5.56 Å². The second kappa shape index (κ2) is 3.60. The first-order chi connectivity index (χ1) is 5.65. The molecule has 61 valence electrons. The van der Waals surface area contributed by atoms with Gasteiger partial charge in [0.1, 0.15) is 0 Å². The van der Waals surface area contributed by atoms with E-state index in [9.17, 15) is 4.79 Å². The van der Waals surface area contributed by atoms with Crippen LogP contribution in [0.5, 0.6) is 0 Å². The highest BCUT2D eigenvalue weighted by atomic mass is 35.5. The summed E-state index contributed by atoms with van der Waals surface area (Å²) < 4.78 is 0. The molecular formula is C7H6BClNO2. The van der Waals surface area contributed by atoms with Crippen LogP contribution in [0.15, 0.2) is 18.2 Å². The Morgan fingerprint density at radius 1 is 1.58 bits per heavy atom.